The van der Waals surface area contributed by atoms with Crippen LogP contribution in [0.4, 0.5) is 5.69 Å². The van der Waals surface area contributed by atoms with Gasteiger partial charge in [0, 0.05) is 18.4 Å². The van der Waals surface area contributed by atoms with E-state index < -0.39 is 5.97 Å². The lowest BCUT2D eigenvalue weighted by Crippen LogP contribution is -2.05. The quantitative estimate of drug-likeness (QED) is 0.658. The molecule has 0 aliphatic rings. The Labute approximate surface area is 108 Å². The van der Waals surface area contributed by atoms with E-state index in [1.807, 2.05) is 0 Å². The van der Waals surface area contributed by atoms with Crippen LogP contribution in [0.1, 0.15) is 55.9 Å². The van der Waals surface area contributed by atoms with E-state index in [1.165, 1.54) is 38.3 Å². The molecule has 0 aromatic carbocycles. The maximum atomic E-state index is 10.7. The van der Waals surface area contributed by atoms with Gasteiger partial charge in [-0.15, -0.1) is 0 Å². The highest BCUT2D eigenvalue weighted by molar-refractivity contribution is 5.86. The monoisotopic (exact) mass is 250 g/mol. The van der Waals surface area contributed by atoms with Gasteiger partial charge in [-0.1, -0.05) is 39.0 Å². The number of anilines is 1. The third-order valence-corrected chi connectivity index (χ3v) is 2.84. The second-order valence-corrected chi connectivity index (χ2v) is 4.43. The summed E-state index contributed by atoms with van der Waals surface area (Å²) in [6.07, 6.45) is 9.06. The number of hydrogen-bond donors (Lipinski definition) is 2. The maximum absolute atomic E-state index is 10.7. The van der Waals surface area contributed by atoms with E-state index in [0.29, 0.717) is 0 Å². The number of hydrogen-bond acceptors (Lipinski definition) is 3. The number of pyridine rings is 1. The summed E-state index contributed by atoms with van der Waals surface area (Å²) in [5.74, 6) is -0.988. The molecule has 1 aromatic rings. The van der Waals surface area contributed by atoms with Crippen molar-refractivity contribution in [2.45, 2.75) is 45.4 Å². The van der Waals surface area contributed by atoms with E-state index in [4.69, 9.17) is 5.11 Å². The molecular weight excluding hydrogens is 228 g/mol. The van der Waals surface area contributed by atoms with Gasteiger partial charge in [0.05, 0.1) is 0 Å². The summed E-state index contributed by atoms with van der Waals surface area (Å²) in [7, 11) is 0. The average molecular weight is 250 g/mol. The fourth-order valence-corrected chi connectivity index (χ4v) is 1.80. The fraction of sp³-hybridized carbons (Fsp3) is 0.571. The first-order valence-corrected chi connectivity index (χ1v) is 6.67. The molecule has 0 radical (unpaired) electrons. The van der Waals surface area contributed by atoms with Crippen molar-refractivity contribution in [3.8, 4) is 0 Å². The first kappa shape index (κ1) is 14.5. The van der Waals surface area contributed by atoms with Gasteiger partial charge in [-0.25, -0.2) is 9.78 Å². The predicted molar refractivity (Wildman–Crippen MR) is 73.1 cm³/mol. The van der Waals surface area contributed by atoms with E-state index >= 15 is 0 Å². The molecule has 0 amide bonds. The second kappa shape index (κ2) is 8.50. The third-order valence-electron chi connectivity index (χ3n) is 2.84. The normalized spacial score (nSPS) is 10.3. The van der Waals surface area contributed by atoms with Gasteiger partial charge in [-0.2, -0.15) is 0 Å². The average Bonchev–Trinajstić information content (AvgIpc) is 2.38. The van der Waals surface area contributed by atoms with Gasteiger partial charge in [0.2, 0.25) is 0 Å². The molecule has 0 aliphatic heterocycles. The largest absolute Gasteiger partial charge is 0.477 e. The summed E-state index contributed by atoms with van der Waals surface area (Å²) in [6, 6.07) is 3.36. The van der Waals surface area contributed by atoms with Crippen LogP contribution in [0.5, 0.6) is 0 Å². The van der Waals surface area contributed by atoms with Gasteiger partial charge in [0.15, 0.2) is 0 Å². The summed E-state index contributed by atoms with van der Waals surface area (Å²) in [6.45, 7) is 3.10. The molecule has 0 fully saturated rings. The Morgan fingerprint density at radius 1 is 1.28 bits per heavy atom. The zero-order chi connectivity index (χ0) is 13.2. The SMILES string of the molecule is CCCCCCCCNc1ccnc(C(=O)O)c1. The highest BCUT2D eigenvalue weighted by atomic mass is 16.4. The maximum Gasteiger partial charge on any atom is 0.354 e. The minimum atomic E-state index is -0.988. The van der Waals surface area contributed by atoms with E-state index in [0.717, 1.165) is 18.7 Å². The molecule has 4 nitrogen and oxygen atoms in total. The van der Waals surface area contributed by atoms with Crippen LogP contribution in [-0.4, -0.2) is 22.6 Å². The molecule has 0 atom stereocenters. The van der Waals surface area contributed by atoms with Gasteiger partial charge < -0.3 is 10.4 Å². The first-order chi connectivity index (χ1) is 8.74. The molecule has 0 bridgehead atoms. The fourth-order valence-electron chi connectivity index (χ4n) is 1.80. The Balaban J connectivity index is 2.19. The van der Waals surface area contributed by atoms with Crippen LogP contribution in [0.15, 0.2) is 18.3 Å². The highest BCUT2D eigenvalue weighted by Crippen LogP contribution is 2.09. The molecule has 100 valence electrons. The van der Waals surface area contributed by atoms with Gasteiger partial charge in [0.25, 0.3) is 0 Å². The highest BCUT2D eigenvalue weighted by Gasteiger charge is 2.04. The van der Waals surface area contributed by atoms with Crippen molar-refractivity contribution in [2.75, 3.05) is 11.9 Å². The van der Waals surface area contributed by atoms with Crippen molar-refractivity contribution < 1.29 is 9.90 Å². The first-order valence-electron chi connectivity index (χ1n) is 6.67. The van der Waals surface area contributed by atoms with Gasteiger partial charge in [-0.05, 0) is 18.6 Å². The van der Waals surface area contributed by atoms with Crippen LogP contribution in [-0.2, 0) is 0 Å². The van der Waals surface area contributed by atoms with Crippen molar-refractivity contribution in [1.82, 2.24) is 4.98 Å². The van der Waals surface area contributed by atoms with E-state index in [1.54, 1.807) is 12.1 Å². The zero-order valence-corrected chi connectivity index (χ0v) is 11.0. The number of nitrogens with one attached hydrogen (secondary N) is 1. The van der Waals surface area contributed by atoms with Crippen molar-refractivity contribution in [3.63, 3.8) is 0 Å². The number of aromatic nitrogens is 1. The second-order valence-electron chi connectivity index (χ2n) is 4.43. The Bertz CT molecular complexity index is 367. The molecule has 0 saturated carbocycles. The topological polar surface area (TPSA) is 62.2 Å². The molecule has 2 N–H and O–H groups in total. The Kier molecular flexibility index (Phi) is 6.84. The number of carboxylic acids is 1. The van der Waals surface area contributed by atoms with Crippen LogP contribution in [0.3, 0.4) is 0 Å². The summed E-state index contributed by atoms with van der Waals surface area (Å²) in [5, 5.41) is 12.0. The Morgan fingerprint density at radius 2 is 2.00 bits per heavy atom. The Morgan fingerprint density at radius 3 is 2.72 bits per heavy atom. The number of rotatable bonds is 9. The number of carbonyl (C=O) groups is 1. The third kappa shape index (κ3) is 5.66. The minimum Gasteiger partial charge on any atom is -0.477 e. The van der Waals surface area contributed by atoms with E-state index in [9.17, 15) is 4.79 Å². The molecule has 1 rings (SSSR count). The molecule has 1 aromatic heterocycles. The van der Waals surface area contributed by atoms with Gasteiger partial charge in [-0.3, -0.25) is 0 Å². The summed E-state index contributed by atoms with van der Waals surface area (Å²) in [5.41, 5.74) is 0.916. The van der Waals surface area contributed by atoms with Crippen LogP contribution in [0.25, 0.3) is 0 Å². The number of unbranched alkanes of at least 4 members (excludes halogenated alkanes) is 5. The molecule has 4 heteroatoms. The Hall–Kier alpha value is -1.58. The number of aromatic carboxylic acids is 1. The van der Waals surface area contributed by atoms with E-state index in [-0.39, 0.29) is 5.69 Å². The van der Waals surface area contributed by atoms with Crippen molar-refractivity contribution >= 4 is 11.7 Å². The van der Waals surface area contributed by atoms with Crippen molar-refractivity contribution in [3.05, 3.63) is 24.0 Å². The molecular formula is C14H22N2O2. The van der Waals surface area contributed by atoms with Crippen LogP contribution >= 0.6 is 0 Å². The van der Waals surface area contributed by atoms with Gasteiger partial charge >= 0.3 is 5.97 Å². The molecule has 1 heterocycles. The predicted octanol–water partition coefficient (Wildman–Crippen LogP) is 3.55. The van der Waals surface area contributed by atoms with Gasteiger partial charge in [0.1, 0.15) is 5.69 Å². The summed E-state index contributed by atoms with van der Waals surface area (Å²) in [4.78, 5) is 14.5. The minimum absolute atomic E-state index is 0.0861. The zero-order valence-electron chi connectivity index (χ0n) is 11.0. The van der Waals surface area contributed by atoms with E-state index in [2.05, 4.69) is 17.2 Å². The molecule has 0 saturated heterocycles. The summed E-state index contributed by atoms with van der Waals surface area (Å²) < 4.78 is 0. The molecule has 18 heavy (non-hydrogen) atoms. The molecule has 0 aliphatic carbocycles. The smallest absolute Gasteiger partial charge is 0.354 e. The number of carboxylic acid groups (broad SMARTS) is 1. The van der Waals surface area contributed by atoms with Crippen LogP contribution < -0.4 is 5.32 Å². The van der Waals surface area contributed by atoms with Crippen molar-refractivity contribution in [1.29, 1.82) is 0 Å². The lowest BCUT2D eigenvalue weighted by Gasteiger charge is -2.06. The van der Waals surface area contributed by atoms with Crippen molar-refractivity contribution in [2.24, 2.45) is 0 Å². The van der Waals surface area contributed by atoms with Crippen LogP contribution in [0, 0.1) is 0 Å². The summed E-state index contributed by atoms with van der Waals surface area (Å²) >= 11 is 0. The van der Waals surface area contributed by atoms with Crippen LogP contribution in [0.2, 0.25) is 0 Å². The molecule has 0 spiro atoms. The lowest BCUT2D eigenvalue weighted by atomic mass is 10.1. The lowest BCUT2D eigenvalue weighted by molar-refractivity contribution is 0.0690. The standard InChI is InChI=1S/C14H22N2O2/c1-2-3-4-5-6-7-9-15-12-8-10-16-13(11-12)14(17)18/h8,10-11H,2-7,9H2,1H3,(H,15,16)(H,17,18). The number of nitrogens with zero attached hydrogens (tertiary/aromatic N) is 1. The molecule has 0 unspecified atom stereocenters.